The highest BCUT2D eigenvalue weighted by Crippen LogP contribution is 2.30. The van der Waals surface area contributed by atoms with Crippen molar-refractivity contribution in [3.8, 4) is 5.75 Å². The van der Waals surface area contributed by atoms with Crippen molar-refractivity contribution >= 4 is 18.0 Å². The van der Waals surface area contributed by atoms with Gasteiger partial charge < -0.3 is 14.4 Å². The molecule has 1 amide bonds. The van der Waals surface area contributed by atoms with E-state index in [9.17, 15) is 9.59 Å². The van der Waals surface area contributed by atoms with Gasteiger partial charge in [0.2, 0.25) is 5.91 Å². The molecule has 6 nitrogen and oxygen atoms in total. The molecule has 0 saturated heterocycles. The van der Waals surface area contributed by atoms with Crippen LogP contribution in [0, 0.1) is 5.92 Å². The summed E-state index contributed by atoms with van der Waals surface area (Å²) in [6.07, 6.45) is 7.61. The van der Waals surface area contributed by atoms with E-state index in [-0.39, 0.29) is 18.3 Å². The first-order valence-corrected chi connectivity index (χ1v) is 10.4. The average Bonchev–Trinajstić information content (AvgIpc) is 3.59. The van der Waals surface area contributed by atoms with Crippen LogP contribution in [0.1, 0.15) is 37.4 Å². The number of hydrogen-bond acceptors (Lipinski definition) is 5. The summed E-state index contributed by atoms with van der Waals surface area (Å²) in [4.78, 5) is 30.2. The van der Waals surface area contributed by atoms with Gasteiger partial charge in [-0.05, 0) is 61.6 Å². The minimum Gasteiger partial charge on any atom is -0.487 e. The third-order valence-electron chi connectivity index (χ3n) is 4.79. The van der Waals surface area contributed by atoms with Gasteiger partial charge in [0.05, 0.1) is 18.7 Å². The lowest BCUT2D eigenvalue weighted by atomic mass is 10.2. The Morgan fingerprint density at radius 3 is 2.63 bits per heavy atom. The minimum absolute atomic E-state index is 0.0818. The van der Waals surface area contributed by atoms with E-state index >= 15 is 0 Å². The summed E-state index contributed by atoms with van der Waals surface area (Å²) < 4.78 is 10.7. The van der Waals surface area contributed by atoms with Gasteiger partial charge in [-0.25, -0.2) is 0 Å². The molecule has 1 heterocycles. The van der Waals surface area contributed by atoms with Crippen molar-refractivity contribution in [1.29, 1.82) is 0 Å². The van der Waals surface area contributed by atoms with Gasteiger partial charge in [0, 0.05) is 25.4 Å². The smallest absolute Gasteiger partial charge is 0.307 e. The molecule has 1 saturated carbocycles. The second kappa shape index (κ2) is 11.1. The predicted octanol–water partition coefficient (Wildman–Crippen LogP) is 3.87. The van der Waals surface area contributed by atoms with Crippen molar-refractivity contribution in [3.63, 3.8) is 0 Å². The summed E-state index contributed by atoms with van der Waals surface area (Å²) in [7, 11) is 0. The fourth-order valence-electron chi connectivity index (χ4n) is 2.95. The molecule has 0 spiro atoms. The molecule has 0 radical (unpaired) electrons. The number of ether oxygens (including phenoxy) is 2. The highest BCUT2D eigenvalue weighted by molar-refractivity contribution is 5.92. The molecule has 158 valence electrons. The zero-order valence-electron chi connectivity index (χ0n) is 17.3. The van der Waals surface area contributed by atoms with Gasteiger partial charge >= 0.3 is 5.97 Å². The van der Waals surface area contributed by atoms with Crippen LogP contribution in [0.5, 0.6) is 5.75 Å². The summed E-state index contributed by atoms with van der Waals surface area (Å²) in [5.41, 5.74) is 1.77. The number of benzene rings is 1. The van der Waals surface area contributed by atoms with E-state index in [1.54, 1.807) is 30.2 Å². The lowest BCUT2D eigenvalue weighted by Gasteiger charge is -2.20. The maximum Gasteiger partial charge on any atom is 0.307 e. The highest BCUT2D eigenvalue weighted by atomic mass is 16.5. The van der Waals surface area contributed by atoms with E-state index < -0.39 is 0 Å². The van der Waals surface area contributed by atoms with Crippen molar-refractivity contribution in [2.75, 3.05) is 19.7 Å². The molecule has 30 heavy (non-hydrogen) atoms. The molecule has 1 aromatic heterocycles. The van der Waals surface area contributed by atoms with Gasteiger partial charge in [-0.2, -0.15) is 0 Å². The zero-order chi connectivity index (χ0) is 21.2. The quantitative estimate of drug-likeness (QED) is 0.417. The molecule has 0 N–H and O–H groups in total. The molecule has 1 aromatic carbocycles. The van der Waals surface area contributed by atoms with Crippen LogP contribution < -0.4 is 4.74 Å². The van der Waals surface area contributed by atoms with Crippen LogP contribution in [-0.4, -0.2) is 41.5 Å². The van der Waals surface area contributed by atoms with Crippen LogP contribution in [-0.2, 0) is 20.9 Å². The molecule has 0 aliphatic heterocycles. The van der Waals surface area contributed by atoms with Crippen molar-refractivity contribution in [2.45, 2.75) is 32.8 Å². The van der Waals surface area contributed by atoms with Crippen molar-refractivity contribution < 1.29 is 19.1 Å². The van der Waals surface area contributed by atoms with Crippen molar-refractivity contribution in [2.24, 2.45) is 5.92 Å². The molecule has 3 rings (SSSR count). The Labute approximate surface area is 177 Å². The van der Waals surface area contributed by atoms with E-state index in [1.165, 1.54) is 0 Å². The normalized spacial score (nSPS) is 13.2. The first-order chi connectivity index (χ1) is 14.6. The number of amides is 1. The van der Waals surface area contributed by atoms with Gasteiger partial charge in [0.25, 0.3) is 0 Å². The molecule has 0 atom stereocenters. The Hall–Kier alpha value is -3.15. The summed E-state index contributed by atoms with van der Waals surface area (Å²) >= 11 is 0. The van der Waals surface area contributed by atoms with Crippen molar-refractivity contribution in [3.05, 3.63) is 66.0 Å². The molecule has 2 aromatic rings. The van der Waals surface area contributed by atoms with E-state index in [0.717, 1.165) is 29.8 Å². The number of pyridine rings is 1. The van der Waals surface area contributed by atoms with Gasteiger partial charge in [-0.3, -0.25) is 14.6 Å². The number of rotatable bonds is 11. The molecule has 1 aliphatic carbocycles. The lowest BCUT2D eigenvalue weighted by molar-refractivity contribution is -0.143. The second-order valence-electron chi connectivity index (χ2n) is 7.29. The van der Waals surface area contributed by atoms with Crippen LogP contribution in [0.15, 0.2) is 54.7 Å². The molecule has 0 bridgehead atoms. The molecule has 6 heteroatoms. The largest absolute Gasteiger partial charge is 0.487 e. The summed E-state index contributed by atoms with van der Waals surface area (Å²) in [6.45, 7) is 3.63. The van der Waals surface area contributed by atoms with Gasteiger partial charge in [-0.15, -0.1) is 0 Å². The molecule has 0 unspecified atom stereocenters. The van der Waals surface area contributed by atoms with Crippen LogP contribution in [0.3, 0.4) is 0 Å². The van der Waals surface area contributed by atoms with Gasteiger partial charge in [0.1, 0.15) is 12.4 Å². The number of nitrogens with zero attached hydrogens (tertiary/aromatic N) is 2. The summed E-state index contributed by atoms with van der Waals surface area (Å²) in [6, 6.07) is 13.3. The van der Waals surface area contributed by atoms with E-state index in [1.807, 2.05) is 42.5 Å². The third kappa shape index (κ3) is 7.35. The van der Waals surface area contributed by atoms with Crippen LogP contribution in [0.2, 0.25) is 0 Å². The summed E-state index contributed by atoms with van der Waals surface area (Å²) in [5.74, 6) is 0.951. The number of carbonyl (C=O) groups excluding carboxylic acids is 2. The third-order valence-corrected chi connectivity index (χ3v) is 4.79. The number of hydrogen-bond donors (Lipinski definition) is 0. The Morgan fingerprint density at radius 2 is 1.97 bits per heavy atom. The monoisotopic (exact) mass is 408 g/mol. The van der Waals surface area contributed by atoms with Crippen LogP contribution >= 0.6 is 0 Å². The Morgan fingerprint density at radius 1 is 1.17 bits per heavy atom. The van der Waals surface area contributed by atoms with Crippen LogP contribution in [0.25, 0.3) is 6.08 Å². The molecular weight excluding hydrogens is 380 g/mol. The van der Waals surface area contributed by atoms with E-state index in [4.69, 9.17) is 9.47 Å². The Bertz CT molecular complexity index is 845. The van der Waals surface area contributed by atoms with Gasteiger partial charge in [0.15, 0.2) is 0 Å². The summed E-state index contributed by atoms with van der Waals surface area (Å²) in [5, 5.41) is 0. The minimum atomic E-state index is -0.267. The standard InChI is InChI=1S/C24H28N2O4/c1-2-29-24(28)14-16-26(17-20-6-7-20)23(27)13-10-19-8-11-22(12-9-19)30-18-21-5-3-4-15-25-21/h3-5,8-13,15,20H,2,6-7,14,16-18H2,1H3/b13-10+. The predicted molar refractivity (Wildman–Crippen MR) is 115 cm³/mol. The first kappa shape index (κ1) is 21.6. The topological polar surface area (TPSA) is 68.7 Å². The first-order valence-electron chi connectivity index (χ1n) is 10.4. The fraction of sp³-hybridized carbons (Fsp3) is 0.375. The molecular formula is C24H28N2O4. The van der Waals surface area contributed by atoms with Crippen molar-refractivity contribution in [1.82, 2.24) is 9.88 Å². The lowest BCUT2D eigenvalue weighted by Crippen LogP contribution is -2.33. The van der Waals surface area contributed by atoms with Gasteiger partial charge in [-0.1, -0.05) is 18.2 Å². The number of esters is 1. The SMILES string of the molecule is CCOC(=O)CCN(CC1CC1)C(=O)/C=C/c1ccc(OCc2ccccn2)cc1. The number of carbonyl (C=O) groups is 2. The Balaban J connectivity index is 1.51. The van der Waals surface area contributed by atoms with E-state index in [2.05, 4.69) is 4.98 Å². The van der Waals surface area contributed by atoms with Crippen LogP contribution in [0.4, 0.5) is 0 Å². The number of aromatic nitrogens is 1. The highest BCUT2D eigenvalue weighted by Gasteiger charge is 2.26. The van der Waals surface area contributed by atoms with E-state index in [0.29, 0.717) is 32.2 Å². The zero-order valence-corrected chi connectivity index (χ0v) is 17.3. The average molecular weight is 408 g/mol. The Kier molecular flexibility index (Phi) is 8.01. The molecule has 1 fully saturated rings. The fourth-order valence-corrected chi connectivity index (χ4v) is 2.95. The maximum atomic E-state index is 12.6. The maximum absolute atomic E-state index is 12.6. The molecule has 1 aliphatic rings. The second-order valence-corrected chi connectivity index (χ2v) is 7.29.